The molecule has 0 spiro atoms. The average molecular weight is 549 g/mol. The molecule has 4 aromatic carbocycles. The molecule has 0 bridgehead atoms. The van der Waals surface area contributed by atoms with Gasteiger partial charge in [-0.05, 0) is 73.9 Å². The lowest BCUT2D eigenvalue weighted by molar-refractivity contribution is 0.860. The van der Waals surface area contributed by atoms with E-state index in [4.69, 9.17) is 4.99 Å². The van der Waals surface area contributed by atoms with E-state index in [9.17, 15) is 0 Å². The van der Waals surface area contributed by atoms with Gasteiger partial charge in [0.1, 0.15) is 5.04 Å². The van der Waals surface area contributed by atoms with E-state index >= 15 is 0 Å². The summed E-state index contributed by atoms with van der Waals surface area (Å²) < 4.78 is -0.466. The highest BCUT2D eigenvalue weighted by Crippen LogP contribution is 2.56. The van der Waals surface area contributed by atoms with Crippen molar-refractivity contribution in [1.29, 1.82) is 0 Å². The summed E-state index contributed by atoms with van der Waals surface area (Å²) in [5.74, 6) is 0. The Kier molecular flexibility index (Phi) is 7.95. The van der Waals surface area contributed by atoms with Gasteiger partial charge >= 0.3 is 0 Å². The Bertz CT molecular complexity index is 1450. The standard InChI is InChI=1S/C35H40N4S/c1-8-39(9-2)30-22-23-32-33(24-30)36-34(31-13-11-10-12-25(31)3)40-35(32,26-14-18-28(19-15-26)37(4)5)27-16-20-29(21-17-27)38(6)7/h10-24H,8-9H2,1-7H3. The van der Waals surface area contributed by atoms with Crippen molar-refractivity contribution in [2.45, 2.75) is 25.5 Å². The molecule has 1 aliphatic rings. The van der Waals surface area contributed by atoms with Crippen molar-refractivity contribution in [2.24, 2.45) is 4.99 Å². The second-order valence-corrected chi connectivity index (χ2v) is 12.0. The van der Waals surface area contributed by atoms with Crippen LogP contribution in [0, 0.1) is 6.92 Å². The van der Waals surface area contributed by atoms with Crippen molar-refractivity contribution in [3.8, 4) is 0 Å². The van der Waals surface area contributed by atoms with E-state index in [2.05, 4.69) is 155 Å². The zero-order valence-electron chi connectivity index (χ0n) is 24.8. The van der Waals surface area contributed by atoms with Gasteiger partial charge in [0.2, 0.25) is 0 Å². The highest BCUT2D eigenvalue weighted by molar-refractivity contribution is 8.15. The lowest BCUT2D eigenvalue weighted by Gasteiger charge is -2.40. The van der Waals surface area contributed by atoms with Gasteiger partial charge in [0.15, 0.2) is 0 Å². The number of nitrogens with zero attached hydrogens (tertiary/aromatic N) is 4. The molecule has 0 amide bonds. The van der Waals surface area contributed by atoms with Gasteiger partial charge in [-0.2, -0.15) is 0 Å². The summed E-state index contributed by atoms with van der Waals surface area (Å²) in [5, 5.41) is 1.05. The summed E-state index contributed by atoms with van der Waals surface area (Å²) in [4.78, 5) is 12.1. The third-order valence-corrected chi connectivity index (χ3v) is 9.42. The molecule has 4 aromatic rings. The molecular weight excluding hydrogens is 508 g/mol. The zero-order valence-corrected chi connectivity index (χ0v) is 25.6. The fourth-order valence-electron chi connectivity index (χ4n) is 5.54. The van der Waals surface area contributed by atoms with Gasteiger partial charge in [0, 0.05) is 69.5 Å². The largest absolute Gasteiger partial charge is 0.378 e. The van der Waals surface area contributed by atoms with E-state index in [1.165, 1.54) is 44.9 Å². The summed E-state index contributed by atoms with van der Waals surface area (Å²) in [5.41, 5.74) is 10.8. The van der Waals surface area contributed by atoms with Gasteiger partial charge in [0.25, 0.3) is 0 Å². The number of anilines is 3. The molecule has 5 heteroatoms. The van der Waals surface area contributed by atoms with E-state index in [0.29, 0.717) is 0 Å². The third-order valence-electron chi connectivity index (χ3n) is 7.92. The van der Waals surface area contributed by atoms with Gasteiger partial charge in [-0.3, -0.25) is 0 Å². The van der Waals surface area contributed by atoms with Crippen LogP contribution in [0.15, 0.2) is 96.0 Å². The Morgan fingerprint density at radius 3 is 1.70 bits per heavy atom. The van der Waals surface area contributed by atoms with Crippen LogP contribution >= 0.6 is 11.8 Å². The topological polar surface area (TPSA) is 22.1 Å². The van der Waals surface area contributed by atoms with Crippen LogP contribution < -0.4 is 14.7 Å². The van der Waals surface area contributed by atoms with Crippen LogP contribution in [0.1, 0.15) is 41.7 Å². The Morgan fingerprint density at radius 1 is 0.675 bits per heavy atom. The van der Waals surface area contributed by atoms with Crippen LogP contribution in [0.4, 0.5) is 22.7 Å². The Hall–Kier alpha value is -3.70. The number of aliphatic imine (C=N–C) groups is 1. The highest BCUT2D eigenvalue weighted by Gasteiger charge is 2.43. The summed E-state index contributed by atoms with van der Waals surface area (Å²) in [6.07, 6.45) is 0. The fourth-order valence-corrected chi connectivity index (χ4v) is 7.10. The fraction of sp³-hybridized carbons (Fsp3) is 0.286. The van der Waals surface area contributed by atoms with Crippen LogP contribution in [-0.2, 0) is 4.75 Å². The number of fused-ring (bicyclic) bond motifs is 1. The number of aryl methyl sites for hydroxylation is 1. The molecule has 0 N–H and O–H groups in total. The van der Waals surface area contributed by atoms with Gasteiger partial charge < -0.3 is 14.7 Å². The first kappa shape index (κ1) is 27.9. The smallest absolute Gasteiger partial charge is 0.106 e. The molecule has 0 saturated carbocycles. The SMILES string of the molecule is CCN(CC)c1ccc2c(c1)N=C(c1ccccc1C)SC2(c1ccc(N(C)C)cc1)c1ccc(N(C)C)cc1. The minimum Gasteiger partial charge on any atom is -0.378 e. The van der Waals surface area contributed by atoms with Gasteiger partial charge in [-0.15, -0.1) is 0 Å². The first-order chi connectivity index (χ1) is 19.3. The maximum atomic E-state index is 5.36. The van der Waals surface area contributed by atoms with Gasteiger partial charge in [-0.25, -0.2) is 4.99 Å². The molecule has 1 heterocycles. The second-order valence-electron chi connectivity index (χ2n) is 10.8. The quantitative estimate of drug-likeness (QED) is 0.222. The monoisotopic (exact) mass is 548 g/mol. The van der Waals surface area contributed by atoms with Crippen LogP contribution in [0.5, 0.6) is 0 Å². The van der Waals surface area contributed by atoms with Crippen molar-refractivity contribution in [3.63, 3.8) is 0 Å². The number of rotatable bonds is 8. The maximum absolute atomic E-state index is 5.36. The van der Waals surface area contributed by atoms with Crippen molar-refractivity contribution in [2.75, 3.05) is 56.0 Å². The maximum Gasteiger partial charge on any atom is 0.106 e. The Labute approximate surface area is 244 Å². The molecule has 206 valence electrons. The zero-order chi connectivity index (χ0) is 28.4. The van der Waals surface area contributed by atoms with Gasteiger partial charge in [0.05, 0.1) is 10.4 Å². The molecule has 4 nitrogen and oxygen atoms in total. The predicted octanol–water partition coefficient (Wildman–Crippen LogP) is 8.09. The van der Waals surface area contributed by atoms with Crippen LogP contribution in [0.3, 0.4) is 0 Å². The molecule has 0 aliphatic carbocycles. The van der Waals surface area contributed by atoms with Crippen LogP contribution in [-0.4, -0.2) is 46.3 Å². The molecule has 0 fully saturated rings. The van der Waals surface area contributed by atoms with E-state index in [1.807, 2.05) is 11.8 Å². The molecule has 0 saturated heterocycles. The summed E-state index contributed by atoms with van der Waals surface area (Å²) in [6, 6.07) is 33.6. The minimum atomic E-state index is -0.466. The molecule has 5 rings (SSSR count). The summed E-state index contributed by atoms with van der Waals surface area (Å²) in [7, 11) is 8.36. The molecular formula is C35H40N4S. The van der Waals surface area contributed by atoms with Crippen molar-refractivity contribution in [1.82, 2.24) is 0 Å². The molecule has 40 heavy (non-hydrogen) atoms. The number of thioether (sulfide) groups is 1. The summed E-state index contributed by atoms with van der Waals surface area (Å²) in [6.45, 7) is 8.52. The Balaban J connectivity index is 1.82. The first-order valence-electron chi connectivity index (χ1n) is 14.1. The molecule has 1 aliphatic heterocycles. The number of hydrogen-bond acceptors (Lipinski definition) is 5. The van der Waals surface area contributed by atoms with Crippen LogP contribution in [0.25, 0.3) is 0 Å². The van der Waals surface area contributed by atoms with E-state index < -0.39 is 4.75 Å². The van der Waals surface area contributed by atoms with Crippen molar-refractivity contribution in [3.05, 3.63) is 119 Å². The lowest BCUT2D eigenvalue weighted by atomic mass is 9.82. The lowest BCUT2D eigenvalue weighted by Crippen LogP contribution is -2.31. The van der Waals surface area contributed by atoms with Crippen molar-refractivity contribution < 1.29 is 0 Å². The first-order valence-corrected chi connectivity index (χ1v) is 14.9. The highest BCUT2D eigenvalue weighted by atomic mass is 32.2. The molecule has 0 atom stereocenters. The van der Waals surface area contributed by atoms with E-state index in [0.717, 1.165) is 23.8 Å². The predicted molar refractivity (Wildman–Crippen MR) is 176 cm³/mol. The minimum absolute atomic E-state index is 0.466. The van der Waals surface area contributed by atoms with Crippen molar-refractivity contribution >= 4 is 39.6 Å². The number of hydrogen-bond donors (Lipinski definition) is 0. The average Bonchev–Trinajstić information content (AvgIpc) is 2.97. The Morgan fingerprint density at radius 2 is 1.20 bits per heavy atom. The van der Waals surface area contributed by atoms with Gasteiger partial charge in [-0.1, -0.05) is 66.4 Å². The third kappa shape index (κ3) is 4.99. The van der Waals surface area contributed by atoms with E-state index in [-0.39, 0.29) is 0 Å². The molecule has 0 radical (unpaired) electrons. The summed E-state index contributed by atoms with van der Waals surface area (Å²) >= 11 is 1.86. The normalized spacial score (nSPS) is 13.8. The van der Waals surface area contributed by atoms with E-state index in [1.54, 1.807) is 0 Å². The van der Waals surface area contributed by atoms with Crippen LogP contribution in [0.2, 0.25) is 0 Å². The number of benzene rings is 4. The molecule has 0 unspecified atom stereocenters. The second kappa shape index (κ2) is 11.4. The molecule has 0 aromatic heterocycles.